The maximum atomic E-state index is 11.7. The summed E-state index contributed by atoms with van der Waals surface area (Å²) >= 11 is 0. The second-order valence-electron chi connectivity index (χ2n) is 4.38. The van der Waals surface area contributed by atoms with Crippen LogP contribution < -0.4 is 5.32 Å². The maximum Gasteiger partial charge on any atom is 0.159 e. The first kappa shape index (κ1) is 9.91. The van der Waals surface area contributed by atoms with Crippen LogP contribution in [0.1, 0.15) is 44.9 Å². The van der Waals surface area contributed by atoms with Gasteiger partial charge in [0.1, 0.15) is 0 Å². The first-order chi connectivity index (χ1) is 6.86. The summed E-state index contributed by atoms with van der Waals surface area (Å²) in [6, 6.07) is 0.725. The van der Waals surface area contributed by atoms with E-state index >= 15 is 0 Å². The number of Topliss-reactive ketones (excluding diaryl/α,β-unsaturated/α-hetero) is 1. The fraction of sp³-hybridized carbons (Fsp3) is 0.750. The zero-order chi connectivity index (χ0) is 9.80. The van der Waals surface area contributed by atoms with Gasteiger partial charge in [-0.25, -0.2) is 0 Å². The third-order valence-corrected chi connectivity index (χ3v) is 3.01. The maximum absolute atomic E-state index is 11.7. The van der Waals surface area contributed by atoms with Crippen LogP contribution in [0.25, 0.3) is 0 Å². The first-order valence-electron chi connectivity index (χ1n) is 5.82. The molecule has 1 saturated carbocycles. The van der Waals surface area contributed by atoms with Gasteiger partial charge in [-0.2, -0.15) is 0 Å². The van der Waals surface area contributed by atoms with E-state index in [-0.39, 0.29) is 0 Å². The number of rotatable bonds is 5. The van der Waals surface area contributed by atoms with Crippen molar-refractivity contribution in [1.82, 2.24) is 5.32 Å². The Morgan fingerprint density at radius 1 is 1.43 bits per heavy atom. The van der Waals surface area contributed by atoms with Crippen molar-refractivity contribution >= 4 is 5.78 Å². The van der Waals surface area contributed by atoms with Gasteiger partial charge >= 0.3 is 0 Å². The molecule has 78 valence electrons. The molecule has 2 heteroatoms. The van der Waals surface area contributed by atoms with Gasteiger partial charge in [-0.3, -0.25) is 4.79 Å². The van der Waals surface area contributed by atoms with Gasteiger partial charge in [-0.05, 0) is 44.1 Å². The number of carbonyl (C=O) groups is 1. The first-order valence-corrected chi connectivity index (χ1v) is 5.82. The van der Waals surface area contributed by atoms with Gasteiger partial charge in [0, 0.05) is 19.0 Å². The largest absolute Gasteiger partial charge is 0.314 e. The molecule has 1 N–H and O–H groups in total. The molecule has 2 rings (SSSR count). The third-order valence-electron chi connectivity index (χ3n) is 3.01. The van der Waals surface area contributed by atoms with Crippen molar-refractivity contribution in [1.29, 1.82) is 0 Å². The number of hydrogen-bond acceptors (Lipinski definition) is 2. The number of allylic oxidation sites excluding steroid dienone is 2. The van der Waals surface area contributed by atoms with Crippen molar-refractivity contribution in [2.24, 2.45) is 0 Å². The van der Waals surface area contributed by atoms with Crippen LogP contribution >= 0.6 is 0 Å². The molecular weight excluding hydrogens is 174 g/mol. The molecule has 2 nitrogen and oxygen atoms in total. The second kappa shape index (κ2) is 4.74. The van der Waals surface area contributed by atoms with Crippen LogP contribution in [0, 0.1) is 0 Å². The Labute approximate surface area is 85.8 Å². The summed E-state index contributed by atoms with van der Waals surface area (Å²) in [6.07, 6.45) is 10.0. The van der Waals surface area contributed by atoms with E-state index in [1.165, 1.54) is 25.7 Å². The molecule has 0 atom stereocenters. The summed E-state index contributed by atoms with van der Waals surface area (Å²) in [5, 5.41) is 3.38. The van der Waals surface area contributed by atoms with E-state index in [2.05, 4.69) is 11.4 Å². The average molecular weight is 193 g/mol. The molecule has 0 aromatic carbocycles. The molecule has 2 aliphatic carbocycles. The van der Waals surface area contributed by atoms with Crippen molar-refractivity contribution < 1.29 is 4.79 Å². The summed E-state index contributed by atoms with van der Waals surface area (Å²) in [4.78, 5) is 11.7. The minimum atomic E-state index is 0.373. The number of carbonyl (C=O) groups excluding carboxylic acids is 1. The SMILES string of the molecule is O=C(CCNC1CC1)C1=CCCCC1. The molecule has 0 radical (unpaired) electrons. The van der Waals surface area contributed by atoms with Crippen LogP contribution in [-0.4, -0.2) is 18.4 Å². The molecule has 0 aliphatic heterocycles. The third kappa shape index (κ3) is 2.95. The zero-order valence-corrected chi connectivity index (χ0v) is 8.72. The monoisotopic (exact) mass is 193 g/mol. The van der Waals surface area contributed by atoms with Gasteiger partial charge in [0.05, 0.1) is 0 Å². The Kier molecular flexibility index (Phi) is 3.35. The quantitative estimate of drug-likeness (QED) is 0.725. The number of nitrogens with one attached hydrogen (secondary N) is 1. The Morgan fingerprint density at radius 2 is 2.29 bits per heavy atom. The summed E-state index contributed by atoms with van der Waals surface area (Å²) < 4.78 is 0. The summed E-state index contributed by atoms with van der Waals surface area (Å²) in [6.45, 7) is 0.876. The Hall–Kier alpha value is -0.630. The summed E-state index contributed by atoms with van der Waals surface area (Å²) in [5.41, 5.74) is 1.09. The van der Waals surface area contributed by atoms with Crippen molar-refractivity contribution in [2.45, 2.75) is 51.0 Å². The highest BCUT2D eigenvalue weighted by Crippen LogP contribution is 2.20. The van der Waals surface area contributed by atoms with Gasteiger partial charge in [0.15, 0.2) is 5.78 Å². The van der Waals surface area contributed by atoms with Crippen molar-refractivity contribution in [3.63, 3.8) is 0 Å². The topological polar surface area (TPSA) is 29.1 Å². The molecule has 0 bridgehead atoms. The summed E-state index contributed by atoms with van der Waals surface area (Å²) in [7, 11) is 0. The van der Waals surface area contributed by atoms with Gasteiger partial charge in [0.25, 0.3) is 0 Å². The van der Waals surface area contributed by atoms with E-state index in [9.17, 15) is 4.79 Å². The van der Waals surface area contributed by atoms with Crippen molar-refractivity contribution in [3.8, 4) is 0 Å². The fourth-order valence-corrected chi connectivity index (χ4v) is 1.93. The lowest BCUT2D eigenvalue weighted by molar-refractivity contribution is -0.115. The second-order valence-corrected chi connectivity index (χ2v) is 4.38. The van der Waals surface area contributed by atoms with Crippen LogP contribution in [0.4, 0.5) is 0 Å². The van der Waals surface area contributed by atoms with E-state index in [0.717, 1.165) is 31.0 Å². The lowest BCUT2D eigenvalue weighted by Gasteiger charge is -2.11. The number of ketones is 1. The van der Waals surface area contributed by atoms with Gasteiger partial charge in [0.2, 0.25) is 0 Å². The molecule has 0 aromatic heterocycles. The normalized spacial score (nSPS) is 21.9. The number of hydrogen-bond donors (Lipinski definition) is 1. The molecule has 1 fully saturated rings. The molecule has 0 aromatic rings. The lowest BCUT2D eigenvalue weighted by atomic mass is 9.95. The van der Waals surface area contributed by atoms with E-state index in [1.54, 1.807) is 0 Å². The smallest absolute Gasteiger partial charge is 0.159 e. The molecule has 2 aliphatic rings. The van der Waals surface area contributed by atoms with E-state index in [4.69, 9.17) is 0 Å². The van der Waals surface area contributed by atoms with Crippen LogP contribution in [0.15, 0.2) is 11.6 Å². The Balaban J connectivity index is 1.67. The molecule has 0 amide bonds. The Morgan fingerprint density at radius 3 is 2.93 bits per heavy atom. The average Bonchev–Trinajstić information content (AvgIpc) is 3.03. The highest BCUT2D eigenvalue weighted by atomic mass is 16.1. The van der Waals surface area contributed by atoms with Gasteiger partial charge in [-0.1, -0.05) is 6.08 Å². The van der Waals surface area contributed by atoms with Crippen LogP contribution in [0.2, 0.25) is 0 Å². The highest BCUT2D eigenvalue weighted by Gasteiger charge is 2.20. The van der Waals surface area contributed by atoms with Crippen molar-refractivity contribution in [2.75, 3.05) is 6.54 Å². The van der Waals surface area contributed by atoms with E-state index in [1.807, 2.05) is 0 Å². The molecule has 0 heterocycles. The van der Waals surface area contributed by atoms with Crippen LogP contribution in [0.3, 0.4) is 0 Å². The molecular formula is C12H19NO. The predicted octanol–water partition coefficient (Wildman–Crippen LogP) is 2.20. The minimum absolute atomic E-state index is 0.373. The van der Waals surface area contributed by atoms with E-state index in [0.29, 0.717) is 12.2 Å². The lowest BCUT2D eigenvalue weighted by Crippen LogP contribution is -2.21. The van der Waals surface area contributed by atoms with Gasteiger partial charge < -0.3 is 5.32 Å². The molecule has 14 heavy (non-hydrogen) atoms. The molecule has 0 spiro atoms. The molecule has 0 saturated heterocycles. The standard InChI is InChI=1S/C12H19NO/c14-12(8-9-13-11-6-7-11)10-4-2-1-3-5-10/h4,11,13H,1-3,5-9H2. The summed E-state index contributed by atoms with van der Waals surface area (Å²) in [5.74, 6) is 0.373. The van der Waals surface area contributed by atoms with E-state index < -0.39 is 0 Å². The zero-order valence-electron chi connectivity index (χ0n) is 8.72. The predicted molar refractivity (Wildman–Crippen MR) is 57.2 cm³/mol. The van der Waals surface area contributed by atoms with Crippen LogP contribution in [0.5, 0.6) is 0 Å². The van der Waals surface area contributed by atoms with Gasteiger partial charge in [-0.15, -0.1) is 0 Å². The minimum Gasteiger partial charge on any atom is -0.314 e. The van der Waals surface area contributed by atoms with Crippen LogP contribution in [-0.2, 0) is 4.79 Å². The van der Waals surface area contributed by atoms with Crippen molar-refractivity contribution in [3.05, 3.63) is 11.6 Å². The molecule has 0 unspecified atom stereocenters. The Bertz CT molecular complexity index is 241. The fourth-order valence-electron chi connectivity index (χ4n) is 1.93. The highest BCUT2D eigenvalue weighted by molar-refractivity contribution is 5.95.